The Kier molecular flexibility index (Phi) is 7.32. The maximum Gasteiger partial charge on any atom is 0.0645 e. The Labute approximate surface area is 327 Å². The van der Waals surface area contributed by atoms with Crippen LogP contribution in [0.25, 0.3) is 49.7 Å². The van der Waals surface area contributed by atoms with Crippen LogP contribution in [0.15, 0.2) is 188 Å². The molecule has 1 aromatic heterocycles. The first kappa shape index (κ1) is 32.5. The average molecular weight is 721 g/mol. The zero-order valence-corrected chi connectivity index (χ0v) is 31.4. The van der Waals surface area contributed by atoms with E-state index in [9.17, 15) is 0 Å². The number of hydrogen-bond acceptors (Lipinski definition) is 3. The molecule has 3 heterocycles. The van der Waals surface area contributed by atoms with Crippen molar-refractivity contribution in [2.75, 3.05) is 9.91 Å². The monoisotopic (exact) mass is 720 g/mol. The Hall–Kier alpha value is -6.88. The Morgan fingerprint density at radius 1 is 0.446 bits per heavy atom. The Morgan fingerprint density at radius 2 is 1.00 bits per heavy atom. The predicted octanol–water partition coefficient (Wildman–Crippen LogP) is 13.4. The fourth-order valence-corrected chi connectivity index (χ4v) is 9.21. The summed E-state index contributed by atoms with van der Waals surface area (Å²) in [5.74, 6) is 0. The van der Waals surface area contributed by atoms with E-state index in [1.807, 2.05) is 0 Å². The van der Waals surface area contributed by atoms with Crippen molar-refractivity contribution in [3.63, 3.8) is 0 Å². The van der Waals surface area contributed by atoms with Crippen molar-refractivity contribution in [3.05, 3.63) is 205 Å². The van der Waals surface area contributed by atoms with Crippen LogP contribution in [-0.4, -0.2) is 4.57 Å². The Balaban J connectivity index is 1.12. The summed E-state index contributed by atoms with van der Waals surface area (Å²) in [4.78, 5) is 2.47. The number of hydrazine groups is 1. The van der Waals surface area contributed by atoms with Crippen LogP contribution < -0.4 is 15.3 Å². The van der Waals surface area contributed by atoms with E-state index in [1.165, 1.54) is 77.8 Å². The number of nitrogens with zero attached hydrogens (tertiary/aromatic N) is 3. The first-order valence-corrected chi connectivity index (χ1v) is 19.5. The smallest absolute Gasteiger partial charge is 0.0645 e. The van der Waals surface area contributed by atoms with Crippen LogP contribution in [0, 0.1) is 0 Å². The Morgan fingerprint density at radius 3 is 1.73 bits per heavy atom. The molecule has 0 spiro atoms. The maximum atomic E-state index is 3.70. The van der Waals surface area contributed by atoms with E-state index in [0.29, 0.717) is 0 Å². The quantitative estimate of drug-likeness (QED) is 0.191. The van der Waals surface area contributed by atoms with Crippen LogP contribution in [0.3, 0.4) is 0 Å². The van der Waals surface area contributed by atoms with E-state index in [0.717, 1.165) is 23.6 Å². The molecule has 0 saturated carbocycles. The molecule has 0 radical (unpaired) electrons. The van der Waals surface area contributed by atoms with Gasteiger partial charge in [0.25, 0.3) is 0 Å². The van der Waals surface area contributed by atoms with Gasteiger partial charge in [0.05, 0.1) is 33.8 Å². The van der Waals surface area contributed by atoms with Crippen molar-refractivity contribution in [3.8, 4) is 27.9 Å². The van der Waals surface area contributed by atoms with Crippen LogP contribution in [0.5, 0.6) is 0 Å². The molecule has 0 bridgehead atoms. The lowest BCUT2D eigenvalue weighted by molar-refractivity contribution is 0.631. The minimum Gasteiger partial charge on any atom is -0.310 e. The van der Waals surface area contributed by atoms with Gasteiger partial charge < -0.3 is 9.47 Å². The molecule has 0 amide bonds. The molecule has 0 saturated heterocycles. The highest BCUT2D eigenvalue weighted by molar-refractivity contribution is 6.12. The van der Waals surface area contributed by atoms with Crippen molar-refractivity contribution in [2.45, 2.75) is 25.8 Å². The molecule has 4 nitrogen and oxygen atoms in total. The van der Waals surface area contributed by atoms with Gasteiger partial charge in [0.15, 0.2) is 0 Å². The van der Waals surface area contributed by atoms with Gasteiger partial charge in [-0.2, -0.15) is 0 Å². The van der Waals surface area contributed by atoms with Crippen LogP contribution in [0.2, 0.25) is 0 Å². The molecule has 11 rings (SSSR count). The molecule has 0 fully saturated rings. The SMILES string of the molecule is CC1(C)c2cc(-c3ccccc3)ccc2N(c2ccc(-c3ccccc3)cc2)c2ccc(-n3c4ccccc4c4ccc5c(c43)CNN5c3ccccc3)cc21. The lowest BCUT2D eigenvalue weighted by Gasteiger charge is -2.42. The second-order valence-corrected chi connectivity index (χ2v) is 15.5. The fraction of sp³-hybridized carbons (Fsp3) is 0.0769. The van der Waals surface area contributed by atoms with E-state index in [2.05, 4.69) is 222 Å². The second kappa shape index (κ2) is 12.6. The lowest BCUT2D eigenvalue weighted by Crippen LogP contribution is -2.31. The zero-order chi connectivity index (χ0) is 37.4. The number of anilines is 5. The standard InChI is InChI=1S/C52H40N4/c1-52(2)45-32-38(36-16-8-4-9-17-36)24-29-49(45)54(39-25-22-37(23-26-39)35-14-6-3-7-15-35)50-30-27-41(33-46(50)52)55-47-21-13-12-20-42(47)43-28-31-48-44(51(43)55)34-53-56(48)40-18-10-5-11-19-40/h3-33,53H,34H2,1-2H3. The third kappa shape index (κ3) is 4.96. The molecule has 1 N–H and O–H groups in total. The summed E-state index contributed by atoms with van der Waals surface area (Å²) in [5, 5.41) is 4.76. The summed E-state index contributed by atoms with van der Waals surface area (Å²) in [6, 6.07) is 68.6. The molecule has 2 aliphatic rings. The van der Waals surface area contributed by atoms with Gasteiger partial charge in [0.1, 0.15) is 0 Å². The minimum atomic E-state index is -0.293. The van der Waals surface area contributed by atoms with E-state index in [1.54, 1.807) is 0 Å². The molecule has 268 valence electrons. The molecule has 0 atom stereocenters. The first-order chi connectivity index (χ1) is 27.5. The highest BCUT2D eigenvalue weighted by Crippen LogP contribution is 2.54. The van der Waals surface area contributed by atoms with Crippen LogP contribution in [0.1, 0.15) is 30.5 Å². The van der Waals surface area contributed by atoms with Crippen molar-refractivity contribution < 1.29 is 0 Å². The number of nitrogens with one attached hydrogen (secondary N) is 1. The third-order valence-electron chi connectivity index (χ3n) is 12.0. The van der Waals surface area contributed by atoms with E-state index < -0.39 is 0 Å². The molecular weight excluding hydrogens is 681 g/mol. The van der Waals surface area contributed by atoms with Gasteiger partial charge in [0.2, 0.25) is 0 Å². The third-order valence-corrected chi connectivity index (χ3v) is 12.0. The summed E-state index contributed by atoms with van der Waals surface area (Å²) >= 11 is 0. The van der Waals surface area contributed by atoms with E-state index >= 15 is 0 Å². The molecule has 0 aliphatic carbocycles. The number of benzene rings is 8. The van der Waals surface area contributed by atoms with Crippen molar-refractivity contribution in [1.82, 2.24) is 9.99 Å². The van der Waals surface area contributed by atoms with Gasteiger partial charge in [-0.15, -0.1) is 0 Å². The molecule has 4 heteroatoms. The summed E-state index contributed by atoms with van der Waals surface area (Å²) in [6.07, 6.45) is 0. The maximum absolute atomic E-state index is 3.70. The Bertz CT molecular complexity index is 2930. The number of rotatable bonds is 5. The number of aromatic nitrogens is 1. The molecule has 56 heavy (non-hydrogen) atoms. The van der Waals surface area contributed by atoms with Gasteiger partial charge in [-0.1, -0.05) is 135 Å². The van der Waals surface area contributed by atoms with E-state index in [4.69, 9.17) is 0 Å². The average Bonchev–Trinajstić information content (AvgIpc) is 3.85. The summed E-state index contributed by atoms with van der Waals surface area (Å²) in [6.45, 7) is 5.53. The number of hydrogen-bond donors (Lipinski definition) is 1. The molecular formula is C52H40N4. The predicted molar refractivity (Wildman–Crippen MR) is 234 cm³/mol. The summed E-state index contributed by atoms with van der Waals surface area (Å²) in [7, 11) is 0. The summed E-state index contributed by atoms with van der Waals surface area (Å²) in [5.41, 5.74) is 21.7. The van der Waals surface area contributed by atoms with Crippen LogP contribution in [0.4, 0.5) is 28.4 Å². The van der Waals surface area contributed by atoms with Gasteiger partial charge in [0, 0.05) is 39.7 Å². The normalized spacial score (nSPS) is 14.2. The van der Waals surface area contributed by atoms with Crippen molar-refractivity contribution in [1.29, 1.82) is 0 Å². The van der Waals surface area contributed by atoms with Gasteiger partial charge in [-0.3, -0.25) is 5.01 Å². The first-order valence-electron chi connectivity index (χ1n) is 19.5. The minimum absolute atomic E-state index is 0.293. The molecule has 2 aliphatic heterocycles. The topological polar surface area (TPSA) is 23.4 Å². The zero-order valence-electron chi connectivity index (χ0n) is 31.4. The highest BCUT2D eigenvalue weighted by atomic mass is 15.5. The largest absolute Gasteiger partial charge is 0.310 e. The molecule has 0 unspecified atom stereocenters. The lowest BCUT2D eigenvalue weighted by atomic mass is 9.72. The highest BCUT2D eigenvalue weighted by Gasteiger charge is 2.38. The van der Waals surface area contributed by atoms with E-state index in [-0.39, 0.29) is 5.41 Å². The second-order valence-electron chi connectivity index (χ2n) is 15.5. The number of fused-ring (bicyclic) bond motifs is 7. The molecule has 8 aromatic carbocycles. The van der Waals surface area contributed by atoms with Crippen LogP contribution in [-0.2, 0) is 12.0 Å². The van der Waals surface area contributed by atoms with Crippen molar-refractivity contribution >= 4 is 50.2 Å². The van der Waals surface area contributed by atoms with Gasteiger partial charge in [-0.05, 0) is 100 Å². The van der Waals surface area contributed by atoms with Gasteiger partial charge in [-0.25, -0.2) is 5.43 Å². The van der Waals surface area contributed by atoms with Crippen LogP contribution >= 0.6 is 0 Å². The summed E-state index contributed by atoms with van der Waals surface area (Å²) < 4.78 is 2.50. The van der Waals surface area contributed by atoms with Gasteiger partial charge >= 0.3 is 0 Å². The van der Waals surface area contributed by atoms with Crippen molar-refractivity contribution in [2.24, 2.45) is 0 Å². The fourth-order valence-electron chi connectivity index (χ4n) is 9.21. The molecule has 9 aromatic rings. The number of para-hydroxylation sites is 2.